The minimum Gasteiger partial charge on any atom is -0.456 e. The van der Waals surface area contributed by atoms with E-state index in [0.29, 0.717) is 11.8 Å². The molecule has 3 N–H and O–H groups in total. The van der Waals surface area contributed by atoms with Gasteiger partial charge in [-0.1, -0.05) is 0 Å². The summed E-state index contributed by atoms with van der Waals surface area (Å²) in [7, 11) is 1.55. The lowest BCUT2D eigenvalue weighted by molar-refractivity contribution is -0.140. The molecule has 38 heavy (non-hydrogen) atoms. The van der Waals surface area contributed by atoms with Crippen LogP contribution in [0.15, 0.2) is 60.8 Å². The number of rotatable bonds is 6. The number of anilines is 1. The van der Waals surface area contributed by atoms with Crippen molar-refractivity contribution in [2.24, 2.45) is 12.8 Å². The molecule has 0 unspecified atom stereocenters. The fourth-order valence-corrected chi connectivity index (χ4v) is 3.61. The van der Waals surface area contributed by atoms with Gasteiger partial charge in [-0.3, -0.25) is 14.3 Å². The lowest BCUT2D eigenvalue weighted by atomic mass is 10.1. The molecule has 4 rings (SSSR count). The first-order valence-electron chi connectivity index (χ1n) is 10.6. The number of aryl methyl sites for hydroxylation is 1. The van der Waals surface area contributed by atoms with Crippen LogP contribution in [0.3, 0.4) is 0 Å². The summed E-state index contributed by atoms with van der Waals surface area (Å²) < 4.78 is 90.4. The Balaban J connectivity index is 1.82. The topological polar surface area (TPSA) is 99.2 Å². The number of halogens is 6. The van der Waals surface area contributed by atoms with Crippen molar-refractivity contribution in [1.29, 1.82) is 0 Å². The zero-order valence-corrected chi connectivity index (χ0v) is 19.2. The third kappa shape index (κ3) is 5.16. The molecule has 0 saturated carbocycles. The quantitative estimate of drug-likeness (QED) is 0.312. The van der Waals surface area contributed by atoms with Crippen molar-refractivity contribution in [3.63, 3.8) is 0 Å². The van der Waals surface area contributed by atoms with Crippen LogP contribution in [0.1, 0.15) is 26.3 Å². The summed E-state index contributed by atoms with van der Waals surface area (Å²) in [4.78, 5) is 24.4. The second-order valence-corrected chi connectivity index (χ2v) is 7.89. The van der Waals surface area contributed by atoms with Crippen LogP contribution in [0.2, 0.25) is 0 Å². The second-order valence-electron chi connectivity index (χ2n) is 7.89. The van der Waals surface area contributed by atoms with Crippen LogP contribution in [0.4, 0.5) is 32.0 Å². The molecule has 2 amide bonds. The number of carbonyl (C=O) groups is 2. The summed E-state index contributed by atoms with van der Waals surface area (Å²) >= 11 is 0. The standard InChI is InChI=1S/C25H16F6N4O3/c1-35-18(8-9-33-35)15-10-12(26)2-6-19(15)38-20-7-4-16(25(29,30)31)22(28)21(20)24(37)34-13-3-5-17(27)14(11-13)23(32)36/h2-11H,1H3,(H2,32,36)(H,34,37). The van der Waals surface area contributed by atoms with E-state index in [4.69, 9.17) is 10.5 Å². The van der Waals surface area contributed by atoms with Crippen LogP contribution in [-0.4, -0.2) is 21.6 Å². The Morgan fingerprint density at radius 3 is 2.32 bits per heavy atom. The number of alkyl halides is 3. The SMILES string of the molecule is Cn1nccc1-c1cc(F)ccc1Oc1ccc(C(F)(F)F)c(F)c1C(=O)Nc1ccc(F)c(C(N)=O)c1. The molecule has 7 nitrogen and oxygen atoms in total. The highest BCUT2D eigenvalue weighted by atomic mass is 19.4. The minimum absolute atomic E-state index is 0.112. The molecule has 0 fully saturated rings. The lowest BCUT2D eigenvalue weighted by Gasteiger charge is -2.18. The largest absolute Gasteiger partial charge is 0.456 e. The normalized spacial score (nSPS) is 11.3. The molecule has 3 aromatic carbocycles. The summed E-state index contributed by atoms with van der Waals surface area (Å²) in [5.41, 5.74) is 1.76. The first-order valence-corrected chi connectivity index (χ1v) is 10.6. The third-order valence-electron chi connectivity index (χ3n) is 5.38. The van der Waals surface area contributed by atoms with Gasteiger partial charge in [-0.25, -0.2) is 13.2 Å². The van der Waals surface area contributed by atoms with Crippen molar-refractivity contribution in [2.45, 2.75) is 6.18 Å². The molecule has 0 aliphatic carbocycles. The molecule has 0 saturated heterocycles. The number of hydrogen-bond donors (Lipinski definition) is 2. The van der Waals surface area contributed by atoms with Gasteiger partial charge in [0.25, 0.3) is 11.8 Å². The number of carbonyl (C=O) groups excluding carboxylic acids is 2. The van der Waals surface area contributed by atoms with Crippen molar-refractivity contribution >= 4 is 17.5 Å². The van der Waals surface area contributed by atoms with Gasteiger partial charge in [0.05, 0.1) is 16.8 Å². The van der Waals surface area contributed by atoms with E-state index < -0.39 is 57.9 Å². The lowest BCUT2D eigenvalue weighted by Crippen LogP contribution is -2.19. The van der Waals surface area contributed by atoms with E-state index in [1.165, 1.54) is 16.9 Å². The number of benzene rings is 3. The van der Waals surface area contributed by atoms with Gasteiger partial charge in [-0.15, -0.1) is 0 Å². The molecule has 0 aliphatic heterocycles. The Bertz CT molecular complexity index is 1570. The Hall–Kier alpha value is -4.81. The molecule has 0 aliphatic rings. The molecule has 13 heteroatoms. The molecule has 4 aromatic rings. The Morgan fingerprint density at radius 2 is 1.68 bits per heavy atom. The molecule has 1 heterocycles. The summed E-state index contributed by atoms with van der Waals surface area (Å²) in [6.45, 7) is 0. The van der Waals surface area contributed by atoms with Gasteiger partial charge in [-0.05, 0) is 54.6 Å². The van der Waals surface area contributed by atoms with Gasteiger partial charge in [-0.2, -0.15) is 18.3 Å². The van der Waals surface area contributed by atoms with Crippen molar-refractivity contribution < 1.29 is 40.7 Å². The van der Waals surface area contributed by atoms with E-state index >= 15 is 4.39 Å². The molecule has 1 aromatic heterocycles. The molecule has 196 valence electrons. The highest BCUT2D eigenvalue weighted by Gasteiger charge is 2.37. The maximum absolute atomic E-state index is 15.2. The third-order valence-corrected chi connectivity index (χ3v) is 5.38. The maximum Gasteiger partial charge on any atom is 0.419 e. The van der Waals surface area contributed by atoms with Crippen LogP contribution in [0, 0.1) is 17.5 Å². The minimum atomic E-state index is -5.16. The number of amides is 2. The number of hydrogen-bond acceptors (Lipinski definition) is 4. The summed E-state index contributed by atoms with van der Waals surface area (Å²) in [6, 6.07) is 8.45. The average Bonchev–Trinajstić information content (AvgIpc) is 3.26. The fraction of sp³-hybridized carbons (Fsp3) is 0.0800. The summed E-state index contributed by atoms with van der Waals surface area (Å²) in [5.74, 6) is -6.98. The molecular weight excluding hydrogens is 518 g/mol. The van der Waals surface area contributed by atoms with E-state index in [-0.39, 0.29) is 17.0 Å². The van der Waals surface area contributed by atoms with Gasteiger partial charge in [0.15, 0.2) is 5.82 Å². The van der Waals surface area contributed by atoms with Crippen LogP contribution in [0.5, 0.6) is 11.5 Å². The van der Waals surface area contributed by atoms with Gasteiger partial charge >= 0.3 is 6.18 Å². The van der Waals surface area contributed by atoms with Gasteiger partial charge in [0.2, 0.25) is 0 Å². The Labute approximate surface area is 210 Å². The smallest absolute Gasteiger partial charge is 0.419 e. The summed E-state index contributed by atoms with van der Waals surface area (Å²) in [5, 5.41) is 6.08. The first kappa shape index (κ1) is 26.3. The number of ether oxygens (including phenoxy) is 1. The predicted octanol–water partition coefficient (Wildman–Crippen LogP) is 5.67. The van der Waals surface area contributed by atoms with Crippen LogP contribution in [-0.2, 0) is 13.2 Å². The summed E-state index contributed by atoms with van der Waals surface area (Å²) in [6.07, 6.45) is -3.76. The average molecular weight is 534 g/mol. The number of primary amides is 1. The zero-order chi connectivity index (χ0) is 27.8. The van der Waals surface area contributed by atoms with E-state index in [9.17, 15) is 31.5 Å². The highest BCUT2D eigenvalue weighted by molar-refractivity contribution is 6.07. The van der Waals surface area contributed by atoms with E-state index in [0.717, 1.165) is 42.5 Å². The van der Waals surface area contributed by atoms with Crippen LogP contribution in [0.25, 0.3) is 11.3 Å². The van der Waals surface area contributed by atoms with Crippen molar-refractivity contribution in [3.05, 3.63) is 94.9 Å². The van der Waals surface area contributed by atoms with E-state index in [1.54, 1.807) is 7.05 Å². The first-order chi connectivity index (χ1) is 17.9. The number of nitrogens with zero attached hydrogens (tertiary/aromatic N) is 2. The molecular formula is C25H16F6N4O3. The zero-order valence-electron chi connectivity index (χ0n) is 19.2. The van der Waals surface area contributed by atoms with Crippen LogP contribution < -0.4 is 15.8 Å². The highest BCUT2D eigenvalue weighted by Crippen LogP contribution is 2.40. The van der Waals surface area contributed by atoms with Gasteiger partial charge in [0.1, 0.15) is 28.7 Å². The molecule has 0 bridgehead atoms. The maximum atomic E-state index is 15.2. The Morgan fingerprint density at radius 1 is 0.974 bits per heavy atom. The van der Waals surface area contributed by atoms with Gasteiger partial charge < -0.3 is 15.8 Å². The predicted molar refractivity (Wildman–Crippen MR) is 123 cm³/mol. The Kier molecular flexibility index (Phi) is 6.85. The van der Waals surface area contributed by atoms with Crippen molar-refractivity contribution in [1.82, 2.24) is 9.78 Å². The fourth-order valence-electron chi connectivity index (χ4n) is 3.61. The van der Waals surface area contributed by atoms with Crippen molar-refractivity contribution in [3.8, 4) is 22.8 Å². The van der Waals surface area contributed by atoms with E-state index in [2.05, 4.69) is 10.4 Å². The molecule has 0 spiro atoms. The number of nitrogens with one attached hydrogen (secondary N) is 1. The monoisotopic (exact) mass is 534 g/mol. The second kappa shape index (κ2) is 9.92. The van der Waals surface area contributed by atoms with Crippen LogP contribution >= 0.6 is 0 Å². The molecule has 0 atom stereocenters. The van der Waals surface area contributed by atoms with E-state index in [1.807, 2.05) is 0 Å². The number of nitrogens with two attached hydrogens (primary N) is 1. The van der Waals surface area contributed by atoms with Crippen molar-refractivity contribution in [2.75, 3.05) is 5.32 Å². The number of aromatic nitrogens is 2. The molecule has 0 radical (unpaired) electrons. The van der Waals surface area contributed by atoms with Gasteiger partial charge in [0, 0.05) is 24.5 Å².